The topological polar surface area (TPSA) is 39.4 Å². The Balaban J connectivity index is 2.31. The summed E-state index contributed by atoms with van der Waals surface area (Å²) in [6, 6.07) is 5.57. The third-order valence-corrected chi connectivity index (χ3v) is 3.72. The molecule has 0 atom stereocenters. The molecule has 0 saturated heterocycles. The molecule has 1 aliphatic rings. The molecule has 0 unspecified atom stereocenters. The lowest BCUT2D eigenvalue weighted by Crippen LogP contribution is -2.06. The number of methoxy groups -OCH3 is 1. The van der Waals surface area contributed by atoms with E-state index in [-0.39, 0.29) is 5.63 Å². The van der Waals surface area contributed by atoms with Gasteiger partial charge >= 0.3 is 5.63 Å². The van der Waals surface area contributed by atoms with E-state index in [1.165, 1.54) is 5.56 Å². The summed E-state index contributed by atoms with van der Waals surface area (Å²) in [4.78, 5) is 12.1. The Morgan fingerprint density at radius 1 is 1.32 bits per heavy atom. The Morgan fingerprint density at radius 3 is 2.74 bits per heavy atom. The molecule has 0 aliphatic heterocycles. The number of hydrogen-bond acceptors (Lipinski definition) is 3. The van der Waals surface area contributed by atoms with Crippen LogP contribution in [-0.2, 0) is 6.42 Å². The molecular weight excluding hydrogens is 240 g/mol. The van der Waals surface area contributed by atoms with Crippen LogP contribution in [0.1, 0.15) is 43.4 Å². The number of fused-ring (bicyclic) bond motifs is 1. The number of hydrogen-bond donors (Lipinski definition) is 0. The summed E-state index contributed by atoms with van der Waals surface area (Å²) in [5.41, 5.74) is 0.970. The van der Waals surface area contributed by atoms with Gasteiger partial charge in [-0.1, -0.05) is 13.3 Å². The Kier molecular flexibility index (Phi) is 3.05. The summed E-state index contributed by atoms with van der Waals surface area (Å²) in [7, 11) is 1.65. The van der Waals surface area contributed by atoms with Gasteiger partial charge in [-0.3, -0.25) is 0 Å². The van der Waals surface area contributed by atoms with Crippen LogP contribution < -0.4 is 10.4 Å². The molecular formula is C16H18O3. The fraction of sp³-hybridized carbons (Fsp3) is 0.438. The van der Waals surface area contributed by atoms with Crippen molar-refractivity contribution in [3.05, 3.63) is 39.9 Å². The first-order valence-electron chi connectivity index (χ1n) is 6.88. The highest BCUT2D eigenvalue weighted by atomic mass is 16.5. The zero-order valence-electron chi connectivity index (χ0n) is 11.4. The predicted molar refractivity (Wildman–Crippen MR) is 75.0 cm³/mol. The largest absolute Gasteiger partial charge is 0.497 e. The van der Waals surface area contributed by atoms with E-state index in [9.17, 15) is 4.79 Å². The maximum Gasteiger partial charge on any atom is 0.343 e. The van der Waals surface area contributed by atoms with Crippen LogP contribution in [0.4, 0.5) is 0 Å². The molecule has 0 radical (unpaired) electrons. The summed E-state index contributed by atoms with van der Waals surface area (Å²) >= 11 is 0. The molecule has 0 bridgehead atoms. The smallest absolute Gasteiger partial charge is 0.343 e. The van der Waals surface area contributed by atoms with E-state index in [0.717, 1.165) is 42.6 Å². The van der Waals surface area contributed by atoms with Gasteiger partial charge in [-0.25, -0.2) is 4.79 Å². The molecule has 1 aromatic carbocycles. The van der Waals surface area contributed by atoms with Crippen molar-refractivity contribution in [2.24, 2.45) is 0 Å². The van der Waals surface area contributed by atoms with Gasteiger partial charge in [0.05, 0.1) is 12.5 Å². The zero-order chi connectivity index (χ0) is 13.4. The zero-order valence-corrected chi connectivity index (χ0v) is 11.4. The molecule has 1 saturated carbocycles. The number of benzene rings is 1. The van der Waals surface area contributed by atoms with Crippen molar-refractivity contribution in [2.75, 3.05) is 7.11 Å². The average Bonchev–Trinajstić information content (AvgIpc) is 3.25. The van der Waals surface area contributed by atoms with Crippen molar-refractivity contribution in [3.8, 4) is 5.75 Å². The highest BCUT2D eigenvalue weighted by Gasteiger charge is 2.30. The standard InChI is InChI=1S/C16H18O3/c1-3-4-12-14-9-11(18-2)7-8-13(14)16(17)19-15(12)10-5-6-10/h7-10H,3-6H2,1-2H3. The van der Waals surface area contributed by atoms with Crippen LogP contribution in [0.25, 0.3) is 10.8 Å². The second-order valence-corrected chi connectivity index (χ2v) is 5.17. The predicted octanol–water partition coefficient (Wildman–Crippen LogP) is 3.63. The molecule has 3 heteroatoms. The SMILES string of the molecule is CCCc1c(C2CC2)oc(=O)c2ccc(OC)cc12. The van der Waals surface area contributed by atoms with E-state index in [0.29, 0.717) is 11.3 Å². The maximum atomic E-state index is 12.1. The van der Waals surface area contributed by atoms with Crippen LogP contribution in [0, 0.1) is 0 Å². The van der Waals surface area contributed by atoms with Crippen molar-refractivity contribution in [3.63, 3.8) is 0 Å². The van der Waals surface area contributed by atoms with Crippen LogP contribution >= 0.6 is 0 Å². The van der Waals surface area contributed by atoms with Gasteiger partial charge < -0.3 is 9.15 Å². The maximum absolute atomic E-state index is 12.1. The molecule has 0 spiro atoms. The van der Waals surface area contributed by atoms with E-state index in [2.05, 4.69) is 6.92 Å². The first-order chi connectivity index (χ1) is 9.24. The molecule has 1 fully saturated rings. The van der Waals surface area contributed by atoms with E-state index in [4.69, 9.17) is 9.15 Å². The fourth-order valence-electron chi connectivity index (χ4n) is 2.61. The van der Waals surface area contributed by atoms with Crippen LogP contribution in [0.3, 0.4) is 0 Å². The van der Waals surface area contributed by atoms with Gasteiger partial charge in [-0.05, 0) is 48.4 Å². The third kappa shape index (κ3) is 2.14. The molecule has 3 rings (SSSR count). The van der Waals surface area contributed by atoms with Gasteiger partial charge in [0.2, 0.25) is 0 Å². The van der Waals surface area contributed by atoms with Gasteiger partial charge in [0.25, 0.3) is 0 Å². The van der Waals surface area contributed by atoms with Crippen LogP contribution in [-0.4, -0.2) is 7.11 Å². The molecule has 0 amide bonds. The monoisotopic (exact) mass is 258 g/mol. The first-order valence-corrected chi connectivity index (χ1v) is 6.88. The van der Waals surface area contributed by atoms with Crippen LogP contribution in [0.5, 0.6) is 5.75 Å². The summed E-state index contributed by atoms with van der Waals surface area (Å²) in [5.74, 6) is 2.15. The normalized spacial score (nSPS) is 14.8. The van der Waals surface area contributed by atoms with Gasteiger partial charge in [-0.15, -0.1) is 0 Å². The summed E-state index contributed by atoms with van der Waals surface area (Å²) in [6.45, 7) is 2.15. The fourth-order valence-corrected chi connectivity index (χ4v) is 2.61. The third-order valence-electron chi connectivity index (χ3n) is 3.72. The molecule has 100 valence electrons. The van der Waals surface area contributed by atoms with Crippen molar-refractivity contribution in [1.82, 2.24) is 0 Å². The van der Waals surface area contributed by atoms with E-state index in [1.54, 1.807) is 13.2 Å². The van der Waals surface area contributed by atoms with Crippen LogP contribution in [0.2, 0.25) is 0 Å². The lowest BCUT2D eigenvalue weighted by atomic mass is 9.99. The Hall–Kier alpha value is -1.77. The van der Waals surface area contributed by atoms with E-state index >= 15 is 0 Å². The van der Waals surface area contributed by atoms with Gasteiger partial charge in [-0.2, -0.15) is 0 Å². The Bertz CT molecular complexity index is 665. The summed E-state index contributed by atoms with van der Waals surface area (Å²) in [5, 5.41) is 1.66. The minimum atomic E-state index is -0.223. The van der Waals surface area contributed by atoms with E-state index in [1.807, 2.05) is 12.1 Å². The first kappa shape index (κ1) is 12.3. The molecule has 2 aromatic rings. The van der Waals surface area contributed by atoms with Gasteiger partial charge in [0.1, 0.15) is 11.5 Å². The average molecular weight is 258 g/mol. The van der Waals surface area contributed by atoms with Crippen molar-refractivity contribution >= 4 is 10.8 Å². The van der Waals surface area contributed by atoms with Crippen molar-refractivity contribution in [2.45, 2.75) is 38.5 Å². The Morgan fingerprint density at radius 2 is 2.11 bits per heavy atom. The molecule has 1 aliphatic carbocycles. The van der Waals surface area contributed by atoms with Crippen LogP contribution in [0.15, 0.2) is 27.4 Å². The number of rotatable bonds is 4. The molecule has 1 aromatic heterocycles. The quantitative estimate of drug-likeness (QED) is 0.840. The van der Waals surface area contributed by atoms with Crippen molar-refractivity contribution < 1.29 is 9.15 Å². The number of aryl methyl sites for hydroxylation is 1. The van der Waals surface area contributed by atoms with Crippen molar-refractivity contribution in [1.29, 1.82) is 0 Å². The molecule has 19 heavy (non-hydrogen) atoms. The lowest BCUT2D eigenvalue weighted by Gasteiger charge is -2.11. The highest BCUT2D eigenvalue weighted by molar-refractivity contribution is 5.86. The minimum absolute atomic E-state index is 0.223. The second-order valence-electron chi connectivity index (χ2n) is 5.17. The molecule has 1 heterocycles. The molecule has 0 N–H and O–H groups in total. The van der Waals surface area contributed by atoms with Gasteiger partial charge in [0.15, 0.2) is 0 Å². The summed E-state index contributed by atoms with van der Waals surface area (Å²) in [6.07, 6.45) is 4.25. The molecule has 3 nitrogen and oxygen atoms in total. The minimum Gasteiger partial charge on any atom is -0.497 e. The summed E-state index contributed by atoms with van der Waals surface area (Å²) < 4.78 is 10.9. The van der Waals surface area contributed by atoms with E-state index < -0.39 is 0 Å². The highest BCUT2D eigenvalue weighted by Crippen LogP contribution is 2.43. The second kappa shape index (κ2) is 4.72. The Labute approximate surface area is 112 Å². The lowest BCUT2D eigenvalue weighted by molar-refractivity contribution is 0.415. The number of ether oxygens (including phenoxy) is 1. The van der Waals surface area contributed by atoms with Gasteiger partial charge in [0, 0.05) is 5.92 Å².